The van der Waals surface area contributed by atoms with Gasteiger partial charge in [0.2, 0.25) is 17.5 Å². The SMILES string of the molecule is COc1ccc(N=C2O/C(=C/c3sc(=S)n(Cc4ccco4)c3O)N=C2C#N)cc1. The van der Waals surface area contributed by atoms with E-state index in [0.717, 1.165) is 0 Å². The monoisotopic (exact) mass is 438 g/mol. The number of aromatic nitrogens is 1. The Morgan fingerprint density at radius 1 is 1.37 bits per heavy atom. The van der Waals surface area contributed by atoms with Crippen LogP contribution in [0.2, 0.25) is 0 Å². The molecule has 0 saturated heterocycles. The Balaban J connectivity index is 1.61. The van der Waals surface area contributed by atoms with Crippen molar-refractivity contribution in [2.24, 2.45) is 9.98 Å². The van der Waals surface area contributed by atoms with Crippen molar-refractivity contribution in [1.29, 1.82) is 5.26 Å². The molecule has 1 aromatic carbocycles. The van der Waals surface area contributed by atoms with Gasteiger partial charge in [-0.1, -0.05) is 0 Å². The molecule has 0 aliphatic carbocycles. The lowest BCUT2D eigenvalue weighted by atomic mass is 10.3. The highest BCUT2D eigenvalue weighted by Gasteiger charge is 2.23. The van der Waals surface area contributed by atoms with Crippen molar-refractivity contribution >= 4 is 46.9 Å². The summed E-state index contributed by atoms with van der Waals surface area (Å²) in [6.45, 7) is 0.301. The largest absolute Gasteiger partial charge is 0.497 e. The average molecular weight is 438 g/mol. The Hall–Kier alpha value is -3.68. The van der Waals surface area contributed by atoms with Gasteiger partial charge < -0.3 is 19.0 Å². The van der Waals surface area contributed by atoms with Gasteiger partial charge in [0.25, 0.3) is 5.90 Å². The minimum absolute atomic E-state index is 0.0354. The summed E-state index contributed by atoms with van der Waals surface area (Å²) in [4.78, 5) is 8.91. The maximum absolute atomic E-state index is 10.6. The smallest absolute Gasteiger partial charge is 0.258 e. The summed E-state index contributed by atoms with van der Waals surface area (Å²) in [6, 6.07) is 12.5. The molecule has 1 aliphatic heterocycles. The standard InChI is InChI=1S/C20H14N4O4S2/c1-26-13-6-4-12(5-7-13)22-18-15(10-21)23-17(28-18)9-16-19(25)24(20(29)30-16)11-14-3-2-8-27-14/h2-9,25H,11H2,1H3/b17-9+,22-18?. The van der Waals surface area contributed by atoms with E-state index >= 15 is 0 Å². The number of nitriles is 1. The van der Waals surface area contributed by atoms with Crippen LogP contribution in [0.3, 0.4) is 0 Å². The summed E-state index contributed by atoms with van der Waals surface area (Å²) in [7, 11) is 1.57. The van der Waals surface area contributed by atoms with E-state index in [0.29, 0.717) is 32.6 Å². The predicted molar refractivity (Wildman–Crippen MR) is 115 cm³/mol. The summed E-state index contributed by atoms with van der Waals surface area (Å²) in [6.07, 6.45) is 3.07. The fourth-order valence-corrected chi connectivity index (χ4v) is 3.86. The van der Waals surface area contributed by atoms with Gasteiger partial charge in [-0.25, -0.2) is 4.99 Å². The molecular weight excluding hydrogens is 424 g/mol. The van der Waals surface area contributed by atoms with Gasteiger partial charge in [-0.05, 0) is 48.6 Å². The van der Waals surface area contributed by atoms with Crippen LogP contribution < -0.4 is 4.74 Å². The molecule has 8 nitrogen and oxygen atoms in total. The lowest BCUT2D eigenvalue weighted by Gasteiger charge is -2.02. The van der Waals surface area contributed by atoms with Crippen molar-refractivity contribution in [2.75, 3.05) is 7.11 Å². The number of methoxy groups -OCH3 is 1. The topological polar surface area (TPSA) is 105 Å². The number of aliphatic imine (C=N–C) groups is 2. The number of thiazole rings is 1. The van der Waals surface area contributed by atoms with Crippen LogP contribution >= 0.6 is 23.6 Å². The predicted octanol–water partition coefficient (Wildman–Crippen LogP) is 4.66. The Bertz CT molecular complexity index is 1260. The van der Waals surface area contributed by atoms with Gasteiger partial charge in [0, 0.05) is 6.08 Å². The fraction of sp³-hybridized carbons (Fsp3) is 0.100. The minimum Gasteiger partial charge on any atom is -0.497 e. The number of nitrogens with zero attached hydrogens (tertiary/aromatic N) is 4. The molecule has 1 aliphatic rings. The van der Waals surface area contributed by atoms with Crippen LogP contribution in [-0.2, 0) is 11.3 Å². The van der Waals surface area contributed by atoms with Gasteiger partial charge >= 0.3 is 0 Å². The highest BCUT2D eigenvalue weighted by Crippen LogP contribution is 2.31. The Morgan fingerprint density at radius 3 is 2.83 bits per heavy atom. The zero-order chi connectivity index (χ0) is 21.1. The lowest BCUT2D eigenvalue weighted by Crippen LogP contribution is -2.07. The zero-order valence-electron chi connectivity index (χ0n) is 15.6. The van der Waals surface area contributed by atoms with Crippen molar-refractivity contribution < 1.29 is 19.0 Å². The van der Waals surface area contributed by atoms with E-state index in [1.165, 1.54) is 17.4 Å². The Kier molecular flexibility index (Phi) is 5.47. The van der Waals surface area contributed by atoms with Gasteiger partial charge in [-0.3, -0.25) is 4.57 Å². The van der Waals surface area contributed by atoms with Crippen molar-refractivity contribution in [3.63, 3.8) is 0 Å². The number of ether oxygens (including phenoxy) is 2. The molecular formula is C20H14N4O4S2. The molecule has 1 N–H and O–H groups in total. The zero-order valence-corrected chi connectivity index (χ0v) is 17.2. The minimum atomic E-state index is -0.0354. The van der Waals surface area contributed by atoms with Crippen LogP contribution in [0.4, 0.5) is 5.69 Å². The molecule has 0 amide bonds. The second-order valence-electron chi connectivity index (χ2n) is 5.99. The first-order valence-corrected chi connectivity index (χ1v) is 9.86. The third kappa shape index (κ3) is 4.03. The van der Waals surface area contributed by atoms with E-state index in [1.807, 2.05) is 6.07 Å². The van der Waals surface area contributed by atoms with Crippen LogP contribution in [-0.4, -0.2) is 28.4 Å². The Morgan fingerprint density at radius 2 is 2.17 bits per heavy atom. The van der Waals surface area contributed by atoms with E-state index in [-0.39, 0.29) is 23.4 Å². The van der Waals surface area contributed by atoms with E-state index in [4.69, 9.17) is 26.1 Å². The second kappa shape index (κ2) is 8.36. The van der Waals surface area contributed by atoms with Crippen LogP contribution in [0, 0.1) is 15.3 Å². The van der Waals surface area contributed by atoms with E-state index in [2.05, 4.69) is 9.98 Å². The van der Waals surface area contributed by atoms with Gasteiger partial charge in [-0.2, -0.15) is 10.3 Å². The number of hydrogen-bond acceptors (Lipinski definition) is 9. The van der Waals surface area contributed by atoms with E-state index in [1.54, 1.807) is 54.3 Å². The summed E-state index contributed by atoms with van der Waals surface area (Å²) < 4.78 is 18.1. The Labute approximate surface area is 180 Å². The molecule has 30 heavy (non-hydrogen) atoms. The van der Waals surface area contributed by atoms with Crippen LogP contribution in [0.5, 0.6) is 11.6 Å². The number of rotatable bonds is 5. The average Bonchev–Trinajstić information content (AvgIpc) is 3.46. The van der Waals surface area contributed by atoms with Gasteiger partial charge in [0.1, 0.15) is 17.6 Å². The molecule has 2 aromatic heterocycles. The maximum atomic E-state index is 10.6. The number of benzene rings is 1. The molecule has 0 radical (unpaired) electrons. The summed E-state index contributed by atoms with van der Waals surface area (Å²) >= 11 is 6.53. The summed E-state index contributed by atoms with van der Waals surface area (Å²) in [5.41, 5.74) is 0.619. The molecule has 4 rings (SSSR count). The van der Waals surface area contributed by atoms with Crippen molar-refractivity contribution in [3.8, 4) is 17.7 Å². The van der Waals surface area contributed by atoms with Gasteiger partial charge in [0.05, 0.1) is 30.5 Å². The van der Waals surface area contributed by atoms with Crippen LogP contribution in [0.15, 0.2) is 62.9 Å². The molecule has 3 heterocycles. The molecule has 0 bridgehead atoms. The second-order valence-corrected chi connectivity index (χ2v) is 7.67. The molecule has 0 fully saturated rings. The first-order chi connectivity index (χ1) is 14.6. The van der Waals surface area contributed by atoms with Crippen LogP contribution in [0.1, 0.15) is 10.6 Å². The van der Waals surface area contributed by atoms with E-state index < -0.39 is 0 Å². The van der Waals surface area contributed by atoms with Crippen molar-refractivity contribution in [1.82, 2.24) is 4.57 Å². The molecule has 0 saturated carbocycles. The fourth-order valence-electron chi connectivity index (χ4n) is 2.63. The normalized spacial score (nSPS) is 15.8. The quantitative estimate of drug-likeness (QED) is 0.581. The van der Waals surface area contributed by atoms with Gasteiger partial charge in [0.15, 0.2) is 3.95 Å². The molecule has 0 unspecified atom stereocenters. The van der Waals surface area contributed by atoms with Crippen molar-refractivity contribution in [2.45, 2.75) is 6.54 Å². The first-order valence-electron chi connectivity index (χ1n) is 8.64. The highest BCUT2D eigenvalue weighted by molar-refractivity contribution is 7.73. The molecule has 150 valence electrons. The summed E-state index contributed by atoms with van der Waals surface area (Å²) in [5.74, 6) is 1.53. The van der Waals surface area contributed by atoms with Crippen molar-refractivity contribution in [3.05, 3.63) is 63.1 Å². The highest BCUT2D eigenvalue weighted by atomic mass is 32.1. The summed E-state index contributed by atoms with van der Waals surface area (Å²) in [5, 5.41) is 19.9. The molecule has 10 heteroatoms. The van der Waals surface area contributed by atoms with Crippen LogP contribution in [0.25, 0.3) is 6.08 Å². The van der Waals surface area contributed by atoms with E-state index in [9.17, 15) is 10.4 Å². The first kappa shape index (κ1) is 19.6. The molecule has 0 atom stereocenters. The lowest BCUT2D eigenvalue weighted by molar-refractivity contribution is 0.405. The maximum Gasteiger partial charge on any atom is 0.258 e. The number of hydrogen-bond donors (Lipinski definition) is 1. The third-order valence-electron chi connectivity index (χ3n) is 4.08. The molecule has 0 spiro atoms. The third-order valence-corrected chi connectivity index (χ3v) is 5.46. The number of furan rings is 1. The van der Waals surface area contributed by atoms with Gasteiger partial charge in [-0.15, -0.1) is 11.3 Å². The molecule has 3 aromatic rings. The number of aromatic hydroxyl groups is 1.